The van der Waals surface area contributed by atoms with Crippen molar-refractivity contribution in [2.45, 2.75) is 44.5 Å². The predicted octanol–water partition coefficient (Wildman–Crippen LogP) is 3.79. The van der Waals surface area contributed by atoms with Gasteiger partial charge in [-0.1, -0.05) is 54.1 Å². The van der Waals surface area contributed by atoms with E-state index in [1.54, 1.807) is 24.3 Å². The first kappa shape index (κ1) is 24.2. The fourth-order valence-corrected chi connectivity index (χ4v) is 6.57. The van der Waals surface area contributed by atoms with Crippen LogP contribution in [0, 0.1) is 5.92 Å². The predicted molar refractivity (Wildman–Crippen MR) is 131 cm³/mol. The Bertz CT molecular complexity index is 1060. The van der Waals surface area contributed by atoms with Gasteiger partial charge in [0.1, 0.15) is 0 Å². The molecule has 2 saturated heterocycles. The highest BCUT2D eigenvalue weighted by Crippen LogP contribution is 2.24. The van der Waals surface area contributed by atoms with E-state index in [-0.39, 0.29) is 17.6 Å². The summed E-state index contributed by atoms with van der Waals surface area (Å²) < 4.78 is 27.2. The van der Waals surface area contributed by atoms with E-state index in [0.29, 0.717) is 43.1 Å². The molecule has 33 heavy (non-hydrogen) atoms. The molecule has 0 radical (unpaired) electrons. The van der Waals surface area contributed by atoms with Crippen LogP contribution in [0.1, 0.15) is 42.4 Å². The van der Waals surface area contributed by atoms with Gasteiger partial charge in [0.05, 0.1) is 5.75 Å². The van der Waals surface area contributed by atoms with Gasteiger partial charge in [0, 0.05) is 37.1 Å². The lowest BCUT2D eigenvalue weighted by Crippen LogP contribution is -2.43. The van der Waals surface area contributed by atoms with Crippen molar-refractivity contribution in [2.24, 2.45) is 5.92 Å². The molecule has 0 saturated carbocycles. The number of halogens is 1. The number of sulfonamides is 1. The lowest BCUT2D eigenvalue weighted by Gasteiger charge is -2.30. The number of rotatable bonds is 8. The van der Waals surface area contributed by atoms with Crippen molar-refractivity contribution in [3.8, 4) is 0 Å². The number of benzene rings is 2. The number of nitrogens with zero attached hydrogens (tertiary/aromatic N) is 2. The van der Waals surface area contributed by atoms with Crippen molar-refractivity contribution in [1.29, 1.82) is 0 Å². The smallest absolute Gasteiger partial charge is 0.223 e. The lowest BCUT2D eigenvalue weighted by atomic mass is 9.97. The summed E-state index contributed by atoms with van der Waals surface area (Å²) in [6.07, 6.45) is 3.57. The van der Waals surface area contributed by atoms with E-state index >= 15 is 0 Å². The first-order valence-electron chi connectivity index (χ1n) is 11.7. The molecule has 0 atom stereocenters. The summed E-state index contributed by atoms with van der Waals surface area (Å²) in [5.41, 5.74) is 3.02. The van der Waals surface area contributed by atoms with Crippen molar-refractivity contribution in [2.75, 3.05) is 26.2 Å². The quantitative estimate of drug-likeness (QED) is 0.612. The molecule has 6 nitrogen and oxygen atoms in total. The van der Waals surface area contributed by atoms with Gasteiger partial charge in [0.15, 0.2) is 0 Å². The molecule has 0 aliphatic carbocycles. The van der Waals surface area contributed by atoms with Gasteiger partial charge in [-0.05, 0) is 61.5 Å². The molecule has 1 N–H and O–H groups in total. The Morgan fingerprint density at radius 3 is 2.18 bits per heavy atom. The molecule has 0 bridgehead atoms. The first-order chi connectivity index (χ1) is 15.9. The van der Waals surface area contributed by atoms with E-state index in [0.717, 1.165) is 25.2 Å². The average molecular weight is 490 g/mol. The SMILES string of the molecule is O=C(NCc1ccccc1CN1CCCC1)C1CCN(S(=O)(=O)Cc2ccccc2Cl)CC1. The zero-order valence-corrected chi connectivity index (χ0v) is 20.5. The Labute approximate surface area is 202 Å². The first-order valence-corrected chi connectivity index (χ1v) is 13.7. The number of carbonyl (C=O) groups excluding carboxylic acids is 1. The maximum absolute atomic E-state index is 12.8. The van der Waals surface area contributed by atoms with Gasteiger partial charge in [-0.25, -0.2) is 12.7 Å². The number of piperidine rings is 1. The van der Waals surface area contributed by atoms with Gasteiger partial charge >= 0.3 is 0 Å². The molecule has 0 spiro atoms. The maximum Gasteiger partial charge on any atom is 0.223 e. The molecular weight excluding hydrogens is 458 g/mol. The normalized spacial score (nSPS) is 18.5. The Morgan fingerprint density at radius 1 is 0.909 bits per heavy atom. The Hall–Kier alpha value is -1.93. The van der Waals surface area contributed by atoms with Crippen LogP contribution in [-0.4, -0.2) is 49.7 Å². The third-order valence-electron chi connectivity index (χ3n) is 6.68. The van der Waals surface area contributed by atoms with E-state index in [4.69, 9.17) is 11.6 Å². The van der Waals surface area contributed by atoms with Gasteiger partial charge in [0.25, 0.3) is 0 Å². The van der Waals surface area contributed by atoms with E-state index in [1.165, 1.54) is 22.7 Å². The van der Waals surface area contributed by atoms with Crippen LogP contribution in [0.4, 0.5) is 0 Å². The monoisotopic (exact) mass is 489 g/mol. The highest BCUT2D eigenvalue weighted by molar-refractivity contribution is 7.88. The Balaban J connectivity index is 1.28. The van der Waals surface area contributed by atoms with E-state index < -0.39 is 10.0 Å². The number of carbonyl (C=O) groups is 1. The summed E-state index contributed by atoms with van der Waals surface area (Å²) in [5, 5.41) is 3.55. The van der Waals surface area contributed by atoms with Crippen molar-refractivity contribution >= 4 is 27.5 Å². The largest absolute Gasteiger partial charge is 0.352 e. The second-order valence-electron chi connectivity index (χ2n) is 8.99. The molecule has 1 amide bonds. The topological polar surface area (TPSA) is 69.7 Å². The second-order valence-corrected chi connectivity index (χ2v) is 11.4. The fourth-order valence-electron chi connectivity index (χ4n) is 4.69. The van der Waals surface area contributed by atoms with E-state index in [2.05, 4.69) is 28.4 Å². The van der Waals surface area contributed by atoms with Crippen LogP contribution in [0.3, 0.4) is 0 Å². The number of hydrogen-bond donors (Lipinski definition) is 1. The number of nitrogens with one attached hydrogen (secondary N) is 1. The van der Waals surface area contributed by atoms with Gasteiger partial charge in [-0.15, -0.1) is 0 Å². The van der Waals surface area contributed by atoms with Crippen molar-refractivity contribution in [3.05, 3.63) is 70.2 Å². The number of likely N-dealkylation sites (tertiary alicyclic amines) is 1. The van der Waals surface area contributed by atoms with Crippen molar-refractivity contribution in [3.63, 3.8) is 0 Å². The molecule has 178 valence electrons. The fraction of sp³-hybridized carbons (Fsp3) is 0.480. The third kappa shape index (κ3) is 6.35. The summed E-state index contributed by atoms with van der Waals surface area (Å²) in [7, 11) is -3.47. The standard InChI is InChI=1S/C25H32ClN3O3S/c26-24-10-4-3-9-23(24)19-33(31,32)29-15-11-20(12-16-29)25(30)27-17-21-7-1-2-8-22(21)18-28-13-5-6-14-28/h1-4,7-10,20H,5-6,11-19H2,(H,27,30). The van der Waals surface area contributed by atoms with Crippen LogP contribution in [-0.2, 0) is 33.7 Å². The Kier molecular flexibility index (Phi) is 8.07. The van der Waals surface area contributed by atoms with Gasteiger partial charge in [0.2, 0.25) is 15.9 Å². The van der Waals surface area contributed by atoms with E-state index in [9.17, 15) is 13.2 Å². The van der Waals surface area contributed by atoms with Gasteiger partial charge in [-0.2, -0.15) is 0 Å². The summed E-state index contributed by atoms with van der Waals surface area (Å²) >= 11 is 6.14. The second kappa shape index (κ2) is 11.0. The zero-order valence-electron chi connectivity index (χ0n) is 18.9. The minimum atomic E-state index is -3.47. The molecule has 2 fully saturated rings. The molecule has 2 aliphatic heterocycles. The summed E-state index contributed by atoms with van der Waals surface area (Å²) in [6.45, 7) is 4.42. The highest BCUT2D eigenvalue weighted by Gasteiger charge is 2.31. The Morgan fingerprint density at radius 2 is 1.52 bits per heavy atom. The van der Waals surface area contributed by atoms with Crippen LogP contribution in [0.15, 0.2) is 48.5 Å². The summed E-state index contributed by atoms with van der Waals surface area (Å²) in [5.74, 6) is -0.270. The van der Waals surface area contributed by atoms with Crippen molar-refractivity contribution in [1.82, 2.24) is 14.5 Å². The summed E-state index contributed by atoms with van der Waals surface area (Å²) in [4.78, 5) is 15.3. The molecule has 2 aromatic carbocycles. The molecule has 8 heteroatoms. The maximum atomic E-state index is 12.8. The average Bonchev–Trinajstić information content (AvgIpc) is 3.33. The minimum absolute atomic E-state index is 0.00845. The van der Waals surface area contributed by atoms with Crippen LogP contribution in [0.2, 0.25) is 5.02 Å². The molecule has 2 heterocycles. The van der Waals surface area contributed by atoms with Crippen molar-refractivity contribution < 1.29 is 13.2 Å². The molecular formula is C25H32ClN3O3S. The van der Waals surface area contributed by atoms with Crippen LogP contribution in [0.25, 0.3) is 0 Å². The van der Waals surface area contributed by atoms with Crippen LogP contribution >= 0.6 is 11.6 Å². The summed E-state index contributed by atoms with van der Waals surface area (Å²) in [6, 6.07) is 15.3. The molecule has 2 aliphatic rings. The van der Waals surface area contributed by atoms with Gasteiger partial charge in [-0.3, -0.25) is 9.69 Å². The van der Waals surface area contributed by atoms with Crippen LogP contribution in [0.5, 0.6) is 0 Å². The molecule has 0 unspecified atom stereocenters. The van der Waals surface area contributed by atoms with Gasteiger partial charge < -0.3 is 5.32 Å². The highest BCUT2D eigenvalue weighted by atomic mass is 35.5. The van der Waals surface area contributed by atoms with E-state index in [1.807, 2.05) is 6.07 Å². The zero-order chi connectivity index (χ0) is 23.3. The number of amides is 1. The van der Waals surface area contributed by atoms with Crippen LogP contribution < -0.4 is 5.32 Å². The number of hydrogen-bond acceptors (Lipinski definition) is 4. The third-order valence-corrected chi connectivity index (χ3v) is 8.87. The lowest BCUT2D eigenvalue weighted by molar-refractivity contribution is -0.126. The molecule has 4 rings (SSSR count). The molecule has 2 aromatic rings. The minimum Gasteiger partial charge on any atom is -0.352 e. The molecule has 0 aromatic heterocycles.